The smallest absolute Gasteiger partial charge is 0.152 e. The fourth-order valence-electron chi connectivity index (χ4n) is 3.27. The number of Topliss-reactive ketones (excluding diaryl/α,β-unsaturated/α-hetero) is 1. The molecule has 128 valence electrons. The minimum Gasteiger partial charge on any atom is -0.298 e. The Balaban J connectivity index is 1.55. The van der Waals surface area contributed by atoms with Crippen LogP contribution in [0.2, 0.25) is 0 Å². The third-order valence-corrected chi connectivity index (χ3v) is 4.53. The molecule has 6 heteroatoms. The Morgan fingerprint density at radius 1 is 1.20 bits per heavy atom. The van der Waals surface area contributed by atoms with Crippen LogP contribution < -0.4 is 0 Å². The van der Waals surface area contributed by atoms with Gasteiger partial charge < -0.3 is 0 Å². The molecule has 0 saturated carbocycles. The highest BCUT2D eigenvalue weighted by atomic mass is 16.1. The first-order valence-electron chi connectivity index (χ1n) is 9.94. The highest BCUT2D eigenvalue weighted by molar-refractivity contribution is 5.86. The van der Waals surface area contributed by atoms with E-state index in [4.69, 9.17) is 4.11 Å². The van der Waals surface area contributed by atoms with Crippen molar-refractivity contribution in [1.29, 1.82) is 0 Å². The second-order valence-corrected chi connectivity index (χ2v) is 6.48. The van der Waals surface area contributed by atoms with Gasteiger partial charge in [-0.1, -0.05) is 6.07 Å². The van der Waals surface area contributed by atoms with E-state index in [2.05, 4.69) is 20.2 Å². The number of hydrogen-bond acceptors (Lipinski definition) is 5. The third-order valence-electron chi connectivity index (χ3n) is 4.53. The molecule has 1 aromatic carbocycles. The highest BCUT2D eigenvalue weighted by Gasteiger charge is 2.16. The lowest BCUT2D eigenvalue weighted by Crippen LogP contribution is -2.28. The van der Waals surface area contributed by atoms with Crippen LogP contribution in [-0.2, 0) is 18.2 Å². The Morgan fingerprint density at radius 2 is 2.08 bits per heavy atom. The van der Waals surface area contributed by atoms with E-state index >= 15 is 0 Å². The minimum atomic E-state index is -2.30. The van der Waals surface area contributed by atoms with Crippen LogP contribution in [0, 0.1) is 0 Å². The number of benzene rings is 1. The van der Waals surface area contributed by atoms with Crippen LogP contribution in [0.5, 0.6) is 0 Å². The van der Waals surface area contributed by atoms with Gasteiger partial charge in [-0.15, -0.1) is 0 Å². The minimum absolute atomic E-state index is 0.144. The van der Waals surface area contributed by atoms with Crippen molar-refractivity contribution >= 4 is 16.7 Å². The fourth-order valence-corrected chi connectivity index (χ4v) is 3.27. The van der Waals surface area contributed by atoms with E-state index < -0.39 is 6.98 Å². The number of aryl methyl sites for hydroxylation is 1. The quantitative estimate of drug-likeness (QED) is 0.714. The van der Waals surface area contributed by atoms with Crippen LogP contribution in [0.4, 0.5) is 0 Å². The Kier molecular flexibility index (Phi) is 3.42. The van der Waals surface area contributed by atoms with Crippen molar-refractivity contribution in [3.05, 3.63) is 42.4 Å². The Hall–Kier alpha value is -2.60. The fraction of sp³-hybridized carbons (Fsp3) is 0.368. The van der Waals surface area contributed by atoms with Crippen molar-refractivity contribution < 1.29 is 8.91 Å². The van der Waals surface area contributed by atoms with Gasteiger partial charge in [0.2, 0.25) is 0 Å². The molecule has 6 nitrogen and oxygen atoms in total. The summed E-state index contributed by atoms with van der Waals surface area (Å²) < 4.78 is 23.3. The summed E-state index contributed by atoms with van der Waals surface area (Å²) >= 11 is 0. The molecule has 0 N–H and O–H groups in total. The summed E-state index contributed by atoms with van der Waals surface area (Å²) in [5, 5.41) is 13.2. The molecule has 0 spiro atoms. The number of nitrogens with zero attached hydrogens (tertiary/aromatic N) is 5. The number of rotatable bonds is 5. The third kappa shape index (κ3) is 3.58. The molecule has 4 rings (SSSR count). The van der Waals surface area contributed by atoms with Crippen LogP contribution in [-0.4, -0.2) is 50.3 Å². The van der Waals surface area contributed by atoms with Crippen molar-refractivity contribution in [1.82, 2.24) is 24.9 Å². The Labute approximate surface area is 150 Å². The molecule has 1 saturated heterocycles. The topological polar surface area (TPSA) is 63.9 Å². The second-order valence-electron chi connectivity index (χ2n) is 6.48. The average molecular weight is 338 g/mol. The lowest BCUT2D eigenvalue weighted by Gasteiger charge is -2.12. The molecule has 0 unspecified atom stereocenters. The summed E-state index contributed by atoms with van der Waals surface area (Å²) in [5.41, 5.74) is 2.92. The molecule has 1 fully saturated rings. The van der Waals surface area contributed by atoms with Crippen LogP contribution in [0.1, 0.15) is 22.6 Å². The molecular formula is C19H21N5O. The maximum absolute atomic E-state index is 12.3. The number of fused-ring (bicyclic) bond motifs is 1. The van der Waals surface area contributed by atoms with Crippen LogP contribution in [0.15, 0.2) is 36.7 Å². The zero-order valence-corrected chi connectivity index (χ0v) is 13.9. The van der Waals surface area contributed by atoms with Gasteiger partial charge in [-0.3, -0.25) is 14.4 Å². The van der Waals surface area contributed by atoms with E-state index in [9.17, 15) is 4.79 Å². The summed E-state index contributed by atoms with van der Waals surface area (Å²) in [4.78, 5) is 14.5. The first kappa shape index (κ1) is 12.7. The van der Waals surface area contributed by atoms with Crippen LogP contribution in [0.25, 0.3) is 22.0 Å². The molecule has 25 heavy (non-hydrogen) atoms. The predicted octanol–water partition coefficient (Wildman–Crippen LogP) is 2.24. The van der Waals surface area contributed by atoms with Gasteiger partial charge in [0.05, 0.1) is 30.4 Å². The lowest BCUT2D eigenvalue weighted by molar-refractivity contribution is -0.119. The van der Waals surface area contributed by atoms with Gasteiger partial charge in [-0.25, -0.2) is 0 Å². The molecule has 0 amide bonds. The normalized spacial score (nSPS) is 17.4. The predicted molar refractivity (Wildman–Crippen MR) is 96.1 cm³/mol. The summed E-state index contributed by atoms with van der Waals surface area (Å²) in [6.45, 7) is 0.141. The number of ketones is 1. The standard InChI is InChI=1S/C19H21N5O/c1-23-12-16(11-20-23)14-4-5-19-15(8-14)9-17(21-22-19)10-18(25)13-24-6-2-3-7-24/h4-5,8-9,11-12H,2-3,6-7,10,13H2,1H3/i1D3. The van der Waals surface area contributed by atoms with Gasteiger partial charge in [0.15, 0.2) is 5.78 Å². The molecule has 3 heterocycles. The molecule has 3 aromatic rings. The van der Waals surface area contributed by atoms with E-state index in [0.29, 0.717) is 17.8 Å². The van der Waals surface area contributed by atoms with Gasteiger partial charge in [-0.05, 0) is 49.7 Å². The van der Waals surface area contributed by atoms with E-state index in [1.807, 2.05) is 24.3 Å². The van der Waals surface area contributed by atoms with Gasteiger partial charge in [0.25, 0.3) is 0 Å². The van der Waals surface area contributed by atoms with Gasteiger partial charge >= 0.3 is 0 Å². The number of likely N-dealkylation sites (tertiary alicyclic amines) is 1. The first-order chi connectivity index (χ1) is 13.4. The number of carbonyl (C=O) groups excluding carboxylic acids is 1. The van der Waals surface area contributed by atoms with E-state index in [0.717, 1.165) is 47.1 Å². The number of carbonyl (C=O) groups is 1. The highest BCUT2D eigenvalue weighted by Crippen LogP contribution is 2.23. The average Bonchev–Trinajstić information content (AvgIpc) is 3.32. The molecule has 2 aromatic heterocycles. The molecule has 0 radical (unpaired) electrons. The van der Waals surface area contributed by atoms with Gasteiger partial charge in [0.1, 0.15) is 0 Å². The SMILES string of the molecule is [2H]C([2H])([2H])n1cc(-c2ccc3nnc(CC(=O)CN4CCCC4)cc3c2)cn1. The Morgan fingerprint density at radius 3 is 2.88 bits per heavy atom. The van der Waals surface area contributed by atoms with Crippen molar-refractivity contribution in [2.75, 3.05) is 19.6 Å². The Bertz CT molecular complexity index is 1010. The van der Waals surface area contributed by atoms with E-state index in [1.54, 1.807) is 0 Å². The van der Waals surface area contributed by atoms with Crippen molar-refractivity contribution in [2.45, 2.75) is 19.3 Å². The van der Waals surface area contributed by atoms with E-state index in [1.165, 1.54) is 12.4 Å². The number of aromatic nitrogens is 4. The zero-order chi connectivity index (χ0) is 19.7. The van der Waals surface area contributed by atoms with Crippen molar-refractivity contribution in [3.63, 3.8) is 0 Å². The molecule has 0 aliphatic carbocycles. The largest absolute Gasteiger partial charge is 0.298 e. The molecule has 0 atom stereocenters. The summed E-state index contributed by atoms with van der Waals surface area (Å²) in [7, 11) is 0. The van der Waals surface area contributed by atoms with Crippen LogP contribution in [0.3, 0.4) is 0 Å². The monoisotopic (exact) mass is 338 g/mol. The lowest BCUT2D eigenvalue weighted by atomic mass is 10.1. The maximum Gasteiger partial charge on any atom is 0.152 e. The first-order valence-corrected chi connectivity index (χ1v) is 8.44. The molecule has 1 aliphatic heterocycles. The van der Waals surface area contributed by atoms with Gasteiger partial charge in [0, 0.05) is 28.2 Å². The van der Waals surface area contributed by atoms with E-state index in [-0.39, 0.29) is 12.2 Å². The molecule has 1 aliphatic rings. The number of hydrogen-bond donors (Lipinski definition) is 0. The second kappa shape index (κ2) is 6.72. The zero-order valence-electron chi connectivity index (χ0n) is 16.9. The summed E-state index contributed by atoms with van der Waals surface area (Å²) in [6.07, 6.45) is 5.61. The molecule has 0 bridgehead atoms. The summed E-state index contributed by atoms with van der Waals surface area (Å²) in [6, 6.07) is 7.48. The maximum atomic E-state index is 12.3. The van der Waals surface area contributed by atoms with Crippen molar-refractivity contribution in [3.8, 4) is 11.1 Å². The molecular weight excluding hydrogens is 314 g/mol. The van der Waals surface area contributed by atoms with Crippen LogP contribution >= 0.6 is 0 Å². The summed E-state index contributed by atoms with van der Waals surface area (Å²) in [5.74, 6) is 0.144. The van der Waals surface area contributed by atoms with Crippen molar-refractivity contribution in [2.24, 2.45) is 6.98 Å². The van der Waals surface area contributed by atoms with Gasteiger partial charge in [-0.2, -0.15) is 15.3 Å².